The molecule has 0 heterocycles. The Bertz CT molecular complexity index is 98.2. The van der Waals surface area contributed by atoms with Crippen molar-refractivity contribution in [1.82, 2.24) is 0 Å². The minimum Gasteiger partial charge on any atom is -0.450 e. The Morgan fingerprint density at radius 3 is 0.786 bits per heavy atom. The second-order valence-electron chi connectivity index (χ2n) is 2.30. The zero-order valence-corrected chi connectivity index (χ0v) is 8.08. The normalized spacial score (nSPS) is 6.43. The molecule has 14 heavy (non-hydrogen) atoms. The first-order chi connectivity index (χ1) is 6.20. The molecule has 0 aliphatic rings. The quantitative estimate of drug-likeness (QED) is 0.265. The molecule has 0 bridgehead atoms. The number of carbonyl (C=O) groups is 2. The van der Waals surface area contributed by atoms with Crippen molar-refractivity contribution in [3.8, 4) is 0 Å². The van der Waals surface area contributed by atoms with Crippen LogP contribution in [-0.2, 0) is 0 Å². The Balaban J connectivity index is -0.0000000492. The van der Waals surface area contributed by atoms with Crippen LogP contribution in [0.2, 0.25) is 0 Å². The fourth-order valence-electron chi connectivity index (χ4n) is 0. The molecule has 0 aliphatic carbocycles. The molecule has 0 atom stereocenters. The van der Waals surface area contributed by atoms with Crippen LogP contribution in [0.3, 0.4) is 0 Å². The van der Waals surface area contributed by atoms with Gasteiger partial charge in [-0.3, -0.25) is 10.5 Å². The summed E-state index contributed by atoms with van der Waals surface area (Å²) in [7, 11) is 0. The van der Waals surface area contributed by atoms with Gasteiger partial charge in [-0.25, -0.2) is 9.59 Å². The summed E-state index contributed by atoms with van der Waals surface area (Å²) in [6, 6.07) is 0. The van der Waals surface area contributed by atoms with E-state index >= 15 is 0 Å². The largest absolute Gasteiger partial charge is 0.503 e. The van der Waals surface area contributed by atoms with Crippen LogP contribution < -0.4 is 0 Å². The maximum atomic E-state index is 8.56. The lowest BCUT2D eigenvalue weighted by molar-refractivity contribution is -0.176. The lowest BCUT2D eigenvalue weighted by Crippen LogP contribution is -1.81. The van der Waals surface area contributed by atoms with Crippen molar-refractivity contribution < 1.29 is 40.5 Å². The van der Waals surface area contributed by atoms with Crippen molar-refractivity contribution in [3.63, 3.8) is 0 Å². The summed E-state index contributed by atoms with van der Waals surface area (Å²) in [6.45, 7) is 6.50. The second kappa shape index (κ2) is 22.5. The molecule has 0 fully saturated rings. The van der Waals surface area contributed by atoms with E-state index in [0.29, 0.717) is 0 Å². The van der Waals surface area contributed by atoms with E-state index in [-0.39, 0.29) is 0 Å². The third-order valence-electron chi connectivity index (χ3n) is 0. The molecule has 0 aliphatic heterocycles. The topological polar surface area (TPSA) is 156 Å². The molecule has 0 rings (SSSR count). The van der Waals surface area contributed by atoms with Crippen molar-refractivity contribution in [2.45, 2.75) is 20.8 Å². The van der Waals surface area contributed by atoms with Crippen molar-refractivity contribution in [2.75, 3.05) is 0 Å². The Kier molecular flexibility index (Phi) is 36.8. The predicted molar refractivity (Wildman–Crippen MR) is 47.1 cm³/mol. The molecule has 6 N–H and O–H groups in total. The van der Waals surface area contributed by atoms with E-state index in [1.807, 2.05) is 0 Å². The number of hydrogen-bond acceptors (Lipinski definition) is 4. The van der Waals surface area contributed by atoms with Crippen molar-refractivity contribution in [1.29, 1.82) is 0 Å². The van der Waals surface area contributed by atoms with Crippen LogP contribution in [0.15, 0.2) is 0 Å². The summed E-state index contributed by atoms with van der Waals surface area (Å²) < 4.78 is 0. The monoisotopic (exact) mass is 216 g/mol. The summed E-state index contributed by atoms with van der Waals surface area (Å²) in [5.74, 6) is 0.833. The SMILES string of the molecule is CC(C)C.O=C(O)O.O=C(O)O.OO. The van der Waals surface area contributed by atoms with Gasteiger partial charge in [-0.1, -0.05) is 20.8 Å². The standard InChI is InChI=1S/C4H10.2CH2O3.H2O2/c1-4(2)3;2*2-1(3)4;1-2/h4H,1-3H3;2*(H2,2,3,4);1-2H. The van der Waals surface area contributed by atoms with Crippen LogP contribution in [0.4, 0.5) is 9.59 Å². The summed E-state index contributed by atoms with van der Waals surface area (Å²) in [4.78, 5) is 17.1. The maximum absolute atomic E-state index is 8.56. The van der Waals surface area contributed by atoms with E-state index < -0.39 is 12.3 Å². The highest BCUT2D eigenvalue weighted by Crippen LogP contribution is 1.81. The van der Waals surface area contributed by atoms with Crippen molar-refractivity contribution in [2.24, 2.45) is 5.92 Å². The van der Waals surface area contributed by atoms with E-state index in [1.54, 1.807) is 0 Å². The molecule has 0 amide bonds. The number of hydrogen-bond donors (Lipinski definition) is 6. The van der Waals surface area contributed by atoms with E-state index in [4.69, 9.17) is 40.5 Å². The minimum atomic E-state index is -1.83. The van der Waals surface area contributed by atoms with E-state index in [0.717, 1.165) is 5.92 Å². The molecule has 0 saturated carbocycles. The maximum Gasteiger partial charge on any atom is 0.503 e. The van der Waals surface area contributed by atoms with Gasteiger partial charge >= 0.3 is 12.3 Å². The molecule has 0 radical (unpaired) electrons. The fourth-order valence-corrected chi connectivity index (χ4v) is 0. The first-order valence-corrected chi connectivity index (χ1v) is 3.23. The summed E-state index contributed by atoms with van der Waals surface area (Å²) >= 11 is 0. The van der Waals surface area contributed by atoms with Crippen LogP contribution in [0.25, 0.3) is 0 Å². The average molecular weight is 216 g/mol. The van der Waals surface area contributed by atoms with Crippen LogP contribution in [0, 0.1) is 5.92 Å². The van der Waals surface area contributed by atoms with E-state index in [9.17, 15) is 0 Å². The van der Waals surface area contributed by atoms with Crippen molar-refractivity contribution in [3.05, 3.63) is 0 Å². The van der Waals surface area contributed by atoms with Crippen LogP contribution in [0.1, 0.15) is 20.8 Å². The molecular weight excluding hydrogens is 200 g/mol. The minimum absolute atomic E-state index is 0.833. The third kappa shape index (κ3) is 395. The Labute approximate surface area is 80.6 Å². The van der Waals surface area contributed by atoms with E-state index in [2.05, 4.69) is 20.8 Å². The third-order valence-corrected chi connectivity index (χ3v) is 0. The molecular formula is C6H16O8. The van der Waals surface area contributed by atoms with Crippen LogP contribution in [0.5, 0.6) is 0 Å². The number of rotatable bonds is 0. The lowest BCUT2D eigenvalue weighted by Gasteiger charge is -1.79. The van der Waals surface area contributed by atoms with Gasteiger partial charge in [0.25, 0.3) is 0 Å². The van der Waals surface area contributed by atoms with Gasteiger partial charge in [0, 0.05) is 0 Å². The highest BCUT2D eigenvalue weighted by atomic mass is 17.0. The Morgan fingerprint density at radius 1 is 0.786 bits per heavy atom. The highest BCUT2D eigenvalue weighted by molar-refractivity contribution is 5.53. The average Bonchev–Trinajstić information content (AvgIpc) is 1.86. The smallest absolute Gasteiger partial charge is 0.450 e. The first kappa shape index (κ1) is 22.9. The molecule has 0 saturated heterocycles. The fraction of sp³-hybridized carbons (Fsp3) is 0.667. The first-order valence-electron chi connectivity index (χ1n) is 3.23. The van der Waals surface area contributed by atoms with Crippen LogP contribution >= 0.6 is 0 Å². The zero-order valence-electron chi connectivity index (χ0n) is 8.08. The van der Waals surface area contributed by atoms with Gasteiger partial charge in [-0.05, 0) is 5.92 Å². The molecule has 0 aromatic rings. The molecule has 8 heteroatoms. The van der Waals surface area contributed by atoms with E-state index in [1.165, 1.54) is 0 Å². The summed E-state index contributed by atoms with van der Waals surface area (Å²) in [6.07, 6.45) is -3.67. The molecule has 88 valence electrons. The van der Waals surface area contributed by atoms with Gasteiger partial charge in [0.05, 0.1) is 0 Å². The van der Waals surface area contributed by atoms with Crippen molar-refractivity contribution >= 4 is 12.3 Å². The summed E-state index contributed by atoms with van der Waals surface area (Å²) in [5.41, 5.74) is 0. The second-order valence-corrected chi connectivity index (χ2v) is 2.30. The molecule has 0 aromatic heterocycles. The molecule has 8 nitrogen and oxygen atoms in total. The van der Waals surface area contributed by atoms with Crippen LogP contribution in [-0.4, -0.2) is 43.3 Å². The Hall–Kier alpha value is -1.54. The summed E-state index contributed by atoms with van der Waals surface area (Å²) in [5, 5.41) is 39.9. The van der Waals surface area contributed by atoms with Gasteiger partial charge in [-0.2, -0.15) is 0 Å². The highest BCUT2D eigenvalue weighted by Gasteiger charge is 1.70. The zero-order chi connectivity index (χ0) is 12.7. The molecule has 0 aromatic carbocycles. The van der Waals surface area contributed by atoms with Gasteiger partial charge in [-0.15, -0.1) is 0 Å². The molecule has 0 spiro atoms. The number of carboxylic acid groups (broad SMARTS) is 4. The lowest BCUT2D eigenvalue weighted by atomic mass is 10.3. The molecule has 0 unspecified atom stereocenters. The predicted octanol–water partition coefficient (Wildman–Crippen LogP) is 2.12. The van der Waals surface area contributed by atoms with Gasteiger partial charge in [0.2, 0.25) is 0 Å². The Morgan fingerprint density at radius 2 is 0.786 bits per heavy atom. The van der Waals surface area contributed by atoms with Gasteiger partial charge < -0.3 is 20.4 Å². The van der Waals surface area contributed by atoms with Gasteiger partial charge in [0.1, 0.15) is 0 Å². The van der Waals surface area contributed by atoms with Gasteiger partial charge in [0.15, 0.2) is 0 Å².